The largest absolute Gasteiger partial charge is 0.497 e. The van der Waals surface area contributed by atoms with Crippen molar-refractivity contribution in [2.24, 2.45) is 0 Å². The van der Waals surface area contributed by atoms with Gasteiger partial charge in [-0.05, 0) is 67.0 Å². The molecule has 2 N–H and O–H groups in total. The molecule has 0 aromatic heterocycles. The third-order valence-corrected chi connectivity index (χ3v) is 5.95. The molecule has 36 heavy (non-hydrogen) atoms. The molecule has 0 aliphatic rings. The second-order valence-electron chi connectivity index (χ2n) is 8.33. The molecular weight excluding hydrogens is 458 g/mol. The van der Waals surface area contributed by atoms with Crippen LogP contribution in [0.25, 0.3) is 0 Å². The third-order valence-electron chi connectivity index (χ3n) is 5.95. The fourth-order valence-electron chi connectivity index (χ4n) is 4.04. The van der Waals surface area contributed by atoms with Crippen molar-refractivity contribution < 1.29 is 24.3 Å². The Balaban J connectivity index is 2.06. The monoisotopic (exact) mass is 491 g/mol. The molecule has 2 amide bonds. The maximum atomic E-state index is 13.5. The molecule has 0 saturated carbocycles. The summed E-state index contributed by atoms with van der Waals surface area (Å²) in [5.41, 5.74) is 4.75. The van der Waals surface area contributed by atoms with Crippen LogP contribution >= 0.6 is 0 Å². The van der Waals surface area contributed by atoms with Crippen LogP contribution in [0.15, 0.2) is 66.7 Å². The molecule has 0 radical (unpaired) electrons. The molecule has 0 saturated heterocycles. The molecule has 8 heteroatoms. The lowest BCUT2D eigenvalue weighted by atomic mass is 10.0. The van der Waals surface area contributed by atoms with Crippen molar-refractivity contribution in [1.82, 2.24) is 10.4 Å². The zero-order valence-corrected chi connectivity index (χ0v) is 21.2. The van der Waals surface area contributed by atoms with Gasteiger partial charge in [0.1, 0.15) is 11.5 Å². The number of methoxy groups -OCH3 is 1. The number of rotatable bonds is 10. The van der Waals surface area contributed by atoms with E-state index < -0.39 is 12.0 Å². The number of carbonyl (C=O) groups excluding carboxylic acids is 2. The van der Waals surface area contributed by atoms with Gasteiger partial charge in [0.2, 0.25) is 0 Å². The highest BCUT2D eigenvalue weighted by Gasteiger charge is 2.27. The first kappa shape index (κ1) is 26.7. The molecule has 0 unspecified atom stereocenters. The van der Waals surface area contributed by atoms with E-state index in [2.05, 4.69) is 18.7 Å². The highest BCUT2D eigenvalue weighted by atomic mass is 16.6. The maximum absolute atomic E-state index is 13.5. The molecule has 3 rings (SSSR count). The van der Waals surface area contributed by atoms with Gasteiger partial charge in [-0.15, -0.1) is 0 Å². The van der Waals surface area contributed by atoms with Gasteiger partial charge in [-0.25, -0.2) is 10.3 Å². The van der Waals surface area contributed by atoms with E-state index in [-0.39, 0.29) is 12.1 Å². The zero-order chi connectivity index (χ0) is 26.1. The number of anilines is 1. The number of nitrogens with zero attached hydrogens (tertiary/aromatic N) is 2. The summed E-state index contributed by atoms with van der Waals surface area (Å²) in [5, 5.41) is 9.51. The Morgan fingerprint density at radius 2 is 1.53 bits per heavy atom. The average Bonchev–Trinajstić information content (AvgIpc) is 2.90. The fourth-order valence-corrected chi connectivity index (χ4v) is 4.04. The lowest BCUT2D eigenvalue weighted by Crippen LogP contribution is -2.36. The molecule has 0 atom stereocenters. The topological polar surface area (TPSA) is 91.3 Å². The number of hydrogen-bond donors (Lipinski definition) is 2. The van der Waals surface area contributed by atoms with Crippen molar-refractivity contribution in [2.45, 2.75) is 33.9 Å². The maximum Gasteiger partial charge on any atom is 0.420 e. The van der Waals surface area contributed by atoms with Crippen molar-refractivity contribution in [3.63, 3.8) is 0 Å². The van der Waals surface area contributed by atoms with Gasteiger partial charge < -0.3 is 9.47 Å². The van der Waals surface area contributed by atoms with Crippen LogP contribution < -0.4 is 19.9 Å². The van der Waals surface area contributed by atoms with E-state index in [1.807, 2.05) is 43.3 Å². The predicted molar refractivity (Wildman–Crippen MR) is 139 cm³/mol. The average molecular weight is 492 g/mol. The van der Waals surface area contributed by atoms with E-state index >= 15 is 0 Å². The van der Waals surface area contributed by atoms with Crippen LogP contribution in [0.2, 0.25) is 0 Å². The summed E-state index contributed by atoms with van der Waals surface area (Å²) in [6, 6.07) is 19.8. The molecule has 0 bridgehead atoms. The number of benzene rings is 3. The van der Waals surface area contributed by atoms with Crippen LogP contribution in [0.4, 0.5) is 10.5 Å². The van der Waals surface area contributed by atoms with Gasteiger partial charge >= 0.3 is 6.09 Å². The molecule has 3 aromatic carbocycles. The standard InChI is InChI=1S/C28H33N3O5/c1-5-30(6-2)18-22-16-20(3)26(25(17-22)27(32)29-34)31(19-21-10-8-7-9-11-21)28(33)36-24-14-12-23(35-4)13-15-24/h7-17,34H,5-6,18-19H2,1-4H3,(H,29,32). The smallest absolute Gasteiger partial charge is 0.420 e. The first-order chi connectivity index (χ1) is 17.4. The fraction of sp³-hybridized carbons (Fsp3) is 0.286. The van der Waals surface area contributed by atoms with E-state index in [1.165, 1.54) is 4.90 Å². The Labute approximate surface area is 212 Å². The molecule has 0 aliphatic carbocycles. The lowest BCUT2D eigenvalue weighted by Gasteiger charge is -2.27. The number of amides is 2. The second kappa shape index (κ2) is 12.7. The van der Waals surface area contributed by atoms with Gasteiger partial charge in [-0.3, -0.25) is 19.8 Å². The number of carbonyl (C=O) groups is 2. The molecule has 0 aliphatic heterocycles. The first-order valence-corrected chi connectivity index (χ1v) is 11.9. The summed E-state index contributed by atoms with van der Waals surface area (Å²) in [6.45, 7) is 8.49. The summed E-state index contributed by atoms with van der Waals surface area (Å²) >= 11 is 0. The van der Waals surface area contributed by atoms with Crippen LogP contribution in [0.1, 0.15) is 40.9 Å². The highest BCUT2D eigenvalue weighted by Crippen LogP contribution is 2.31. The lowest BCUT2D eigenvalue weighted by molar-refractivity contribution is 0.0706. The minimum absolute atomic E-state index is 0.164. The van der Waals surface area contributed by atoms with Crippen LogP contribution in [0, 0.1) is 6.92 Å². The predicted octanol–water partition coefficient (Wildman–Crippen LogP) is 5.17. The normalized spacial score (nSPS) is 10.7. The minimum atomic E-state index is -0.704. The molecule has 3 aromatic rings. The number of hydrogen-bond acceptors (Lipinski definition) is 6. The number of aryl methyl sites for hydroxylation is 1. The number of hydroxylamine groups is 1. The van der Waals surface area contributed by atoms with Crippen molar-refractivity contribution in [3.05, 3.63) is 89.0 Å². The second-order valence-corrected chi connectivity index (χ2v) is 8.33. The summed E-state index contributed by atoms with van der Waals surface area (Å²) in [5.74, 6) is 0.269. The Morgan fingerprint density at radius 3 is 2.11 bits per heavy atom. The summed E-state index contributed by atoms with van der Waals surface area (Å²) in [7, 11) is 1.56. The first-order valence-electron chi connectivity index (χ1n) is 11.9. The van der Waals surface area contributed by atoms with Gasteiger partial charge in [0.15, 0.2) is 0 Å². The highest BCUT2D eigenvalue weighted by molar-refractivity contribution is 6.04. The molecule has 0 heterocycles. The van der Waals surface area contributed by atoms with Crippen molar-refractivity contribution in [3.8, 4) is 11.5 Å². The number of nitrogens with one attached hydrogen (secondary N) is 1. The Morgan fingerprint density at radius 1 is 0.889 bits per heavy atom. The van der Waals surface area contributed by atoms with Gasteiger partial charge in [0, 0.05) is 6.54 Å². The van der Waals surface area contributed by atoms with Gasteiger partial charge in [0.25, 0.3) is 5.91 Å². The van der Waals surface area contributed by atoms with Crippen LogP contribution in [0.3, 0.4) is 0 Å². The SMILES string of the molecule is CCN(CC)Cc1cc(C)c(N(Cc2ccccc2)C(=O)Oc2ccc(OC)cc2)c(C(=O)NO)c1. The van der Waals surface area contributed by atoms with Gasteiger partial charge in [-0.2, -0.15) is 0 Å². The van der Waals surface area contributed by atoms with E-state index in [0.29, 0.717) is 29.3 Å². The Bertz CT molecular complexity index is 1160. The number of ether oxygens (including phenoxy) is 2. The quantitative estimate of drug-likeness (QED) is 0.300. The molecule has 190 valence electrons. The van der Waals surface area contributed by atoms with E-state index in [1.54, 1.807) is 42.9 Å². The molecular formula is C28H33N3O5. The van der Waals surface area contributed by atoms with E-state index in [4.69, 9.17) is 9.47 Å². The Hall–Kier alpha value is -3.88. The van der Waals surface area contributed by atoms with Crippen molar-refractivity contribution in [1.29, 1.82) is 0 Å². The van der Waals surface area contributed by atoms with Crippen molar-refractivity contribution >= 4 is 17.7 Å². The molecule has 0 fully saturated rings. The molecule has 0 spiro atoms. The van der Waals surface area contributed by atoms with Crippen LogP contribution in [0.5, 0.6) is 11.5 Å². The van der Waals surface area contributed by atoms with E-state index in [0.717, 1.165) is 24.2 Å². The summed E-state index contributed by atoms with van der Waals surface area (Å²) < 4.78 is 10.9. The van der Waals surface area contributed by atoms with Crippen LogP contribution in [-0.2, 0) is 13.1 Å². The summed E-state index contributed by atoms with van der Waals surface area (Å²) in [6.07, 6.45) is -0.657. The van der Waals surface area contributed by atoms with Crippen molar-refractivity contribution in [2.75, 3.05) is 25.1 Å². The summed E-state index contributed by atoms with van der Waals surface area (Å²) in [4.78, 5) is 30.0. The Kier molecular flexibility index (Phi) is 9.44. The van der Waals surface area contributed by atoms with Gasteiger partial charge in [0.05, 0.1) is 24.9 Å². The van der Waals surface area contributed by atoms with Crippen LogP contribution in [-0.4, -0.2) is 42.3 Å². The van der Waals surface area contributed by atoms with Gasteiger partial charge in [-0.1, -0.05) is 50.2 Å². The third kappa shape index (κ3) is 6.62. The van der Waals surface area contributed by atoms with E-state index in [9.17, 15) is 14.8 Å². The zero-order valence-electron chi connectivity index (χ0n) is 21.2. The molecule has 8 nitrogen and oxygen atoms in total. The minimum Gasteiger partial charge on any atom is -0.497 e.